The smallest absolute Gasteiger partial charge is 0.0438 e. The molecule has 1 aromatic carbocycles. The molecular formula is C12H18ClN. The maximum Gasteiger partial charge on any atom is 0.0438 e. The number of rotatable bonds is 3. The molecule has 0 atom stereocenters. The minimum atomic E-state index is 0.182. The van der Waals surface area contributed by atoms with Crippen LogP contribution in [0.1, 0.15) is 26.3 Å². The molecule has 0 amide bonds. The van der Waals surface area contributed by atoms with Crippen LogP contribution in [0.3, 0.4) is 0 Å². The second-order valence-electron chi connectivity index (χ2n) is 4.52. The van der Waals surface area contributed by atoms with Gasteiger partial charge >= 0.3 is 0 Å². The van der Waals surface area contributed by atoms with Crippen LogP contribution >= 0.6 is 11.6 Å². The first kappa shape index (κ1) is 11.5. The lowest BCUT2D eigenvalue weighted by atomic mass is 10.1. The van der Waals surface area contributed by atoms with Gasteiger partial charge in [-0.3, -0.25) is 0 Å². The summed E-state index contributed by atoms with van der Waals surface area (Å²) in [5.41, 5.74) is 1.40. The van der Waals surface area contributed by atoms with Crippen molar-refractivity contribution in [3.05, 3.63) is 34.9 Å². The highest BCUT2D eigenvalue weighted by Crippen LogP contribution is 2.15. The topological polar surface area (TPSA) is 12.0 Å². The van der Waals surface area contributed by atoms with Crippen molar-refractivity contribution in [1.29, 1.82) is 0 Å². The van der Waals surface area contributed by atoms with Gasteiger partial charge in [0.25, 0.3) is 0 Å². The minimum absolute atomic E-state index is 0.182. The molecule has 0 spiro atoms. The average molecular weight is 212 g/mol. The predicted molar refractivity (Wildman–Crippen MR) is 62.9 cm³/mol. The van der Waals surface area contributed by atoms with Crippen LogP contribution in [-0.4, -0.2) is 12.1 Å². The minimum Gasteiger partial charge on any atom is -0.312 e. The summed E-state index contributed by atoms with van der Waals surface area (Å²) in [7, 11) is 0. The normalized spacial score (nSPS) is 11.7. The van der Waals surface area contributed by atoms with Crippen molar-refractivity contribution in [3.8, 4) is 0 Å². The van der Waals surface area contributed by atoms with E-state index in [2.05, 4.69) is 32.2 Å². The van der Waals surface area contributed by atoms with E-state index >= 15 is 0 Å². The van der Waals surface area contributed by atoms with E-state index in [1.54, 1.807) is 0 Å². The number of benzene rings is 1. The van der Waals surface area contributed by atoms with Crippen LogP contribution in [0.5, 0.6) is 0 Å². The molecule has 0 saturated carbocycles. The largest absolute Gasteiger partial charge is 0.312 e. The first-order valence-corrected chi connectivity index (χ1v) is 5.35. The Labute approximate surface area is 91.5 Å². The van der Waals surface area contributed by atoms with Crippen LogP contribution in [0.4, 0.5) is 0 Å². The van der Waals surface area contributed by atoms with Gasteiger partial charge in [0.1, 0.15) is 0 Å². The van der Waals surface area contributed by atoms with Gasteiger partial charge in [0, 0.05) is 10.6 Å². The maximum absolute atomic E-state index is 6.05. The van der Waals surface area contributed by atoms with E-state index in [1.165, 1.54) is 5.56 Å². The van der Waals surface area contributed by atoms with Crippen LogP contribution in [0, 0.1) is 0 Å². The molecular weight excluding hydrogens is 194 g/mol. The molecule has 0 heterocycles. The molecule has 0 aromatic heterocycles. The van der Waals surface area contributed by atoms with Crippen LogP contribution in [-0.2, 0) is 6.42 Å². The maximum atomic E-state index is 6.05. The van der Waals surface area contributed by atoms with Gasteiger partial charge in [-0.05, 0) is 45.4 Å². The van der Waals surface area contributed by atoms with Crippen molar-refractivity contribution < 1.29 is 0 Å². The molecule has 1 rings (SSSR count). The SMILES string of the molecule is CC(C)(C)NCCc1ccccc1Cl. The Morgan fingerprint density at radius 2 is 1.86 bits per heavy atom. The van der Waals surface area contributed by atoms with E-state index in [1.807, 2.05) is 18.2 Å². The first-order valence-electron chi connectivity index (χ1n) is 4.97. The summed E-state index contributed by atoms with van der Waals surface area (Å²) in [5.74, 6) is 0. The van der Waals surface area contributed by atoms with Gasteiger partial charge in [0.15, 0.2) is 0 Å². The summed E-state index contributed by atoms with van der Waals surface area (Å²) in [6, 6.07) is 8.00. The summed E-state index contributed by atoms with van der Waals surface area (Å²) >= 11 is 6.05. The molecule has 0 radical (unpaired) electrons. The summed E-state index contributed by atoms with van der Waals surface area (Å²) in [4.78, 5) is 0. The van der Waals surface area contributed by atoms with Gasteiger partial charge in [0.2, 0.25) is 0 Å². The second kappa shape index (κ2) is 4.81. The molecule has 1 aromatic rings. The Hall–Kier alpha value is -0.530. The highest BCUT2D eigenvalue weighted by atomic mass is 35.5. The van der Waals surface area contributed by atoms with Gasteiger partial charge in [0.05, 0.1) is 0 Å². The summed E-state index contributed by atoms with van der Waals surface area (Å²) < 4.78 is 0. The molecule has 1 nitrogen and oxygen atoms in total. The highest BCUT2D eigenvalue weighted by Gasteiger charge is 2.08. The number of nitrogens with one attached hydrogen (secondary N) is 1. The Morgan fingerprint density at radius 3 is 2.43 bits per heavy atom. The zero-order valence-electron chi connectivity index (χ0n) is 9.10. The fourth-order valence-electron chi connectivity index (χ4n) is 1.27. The Bertz CT molecular complexity index is 289. The van der Waals surface area contributed by atoms with Crippen LogP contribution in [0.2, 0.25) is 5.02 Å². The average Bonchev–Trinajstić information content (AvgIpc) is 2.06. The van der Waals surface area contributed by atoms with Gasteiger partial charge < -0.3 is 5.32 Å². The first-order chi connectivity index (χ1) is 6.49. The lowest BCUT2D eigenvalue weighted by molar-refractivity contribution is 0.429. The standard InChI is InChI=1S/C12H18ClN/c1-12(2,3)14-9-8-10-6-4-5-7-11(10)13/h4-7,14H,8-9H2,1-3H3. The lowest BCUT2D eigenvalue weighted by Crippen LogP contribution is -2.37. The molecule has 2 heteroatoms. The van der Waals surface area contributed by atoms with E-state index in [4.69, 9.17) is 11.6 Å². The Kier molecular flexibility index (Phi) is 3.97. The second-order valence-corrected chi connectivity index (χ2v) is 4.93. The van der Waals surface area contributed by atoms with Crippen LogP contribution in [0.15, 0.2) is 24.3 Å². The van der Waals surface area contributed by atoms with Crippen molar-refractivity contribution in [1.82, 2.24) is 5.32 Å². The van der Waals surface area contributed by atoms with E-state index in [0.717, 1.165) is 18.0 Å². The molecule has 78 valence electrons. The van der Waals surface area contributed by atoms with Gasteiger partial charge in [-0.2, -0.15) is 0 Å². The van der Waals surface area contributed by atoms with Crippen molar-refractivity contribution in [2.45, 2.75) is 32.7 Å². The number of halogens is 1. The van der Waals surface area contributed by atoms with Crippen molar-refractivity contribution in [2.75, 3.05) is 6.54 Å². The van der Waals surface area contributed by atoms with E-state index in [-0.39, 0.29) is 5.54 Å². The summed E-state index contributed by atoms with van der Waals surface area (Å²) in [6.45, 7) is 7.46. The fraction of sp³-hybridized carbons (Fsp3) is 0.500. The van der Waals surface area contributed by atoms with Gasteiger partial charge in [-0.15, -0.1) is 0 Å². The Balaban J connectivity index is 2.43. The third-order valence-corrected chi connectivity index (χ3v) is 2.38. The third kappa shape index (κ3) is 4.12. The quantitative estimate of drug-likeness (QED) is 0.810. The molecule has 0 aliphatic carbocycles. The molecule has 0 unspecified atom stereocenters. The van der Waals surface area contributed by atoms with Crippen molar-refractivity contribution >= 4 is 11.6 Å². The number of hydrogen-bond acceptors (Lipinski definition) is 1. The molecule has 0 aliphatic rings. The highest BCUT2D eigenvalue weighted by molar-refractivity contribution is 6.31. The Morgan fingerprint density at radius 1 is 1.21 bits per heavy atom. The van der Waals surface area contributed by atoms with Crippen molar-refractivity contribution in [2.24, 2.45) is 0 Å². The molecule has 0 aliphatic heterocycles. The van der Waals surface area contributed by atoms with E-state index in [9.17, 15) is 0 Å². The van der Waals surface area contributed by atoms with Crippen LogP contribution < -0.4 is 5.32 Å². The molecule has 0 saturated heterocycles. The van der Waals surface area contributed by atoms with Gasteiger partial charge in [-0.1, -0.05) is 29.8 Å². The summed E-state index contributed by atoms with van der Waals surface area (Å²) in [6.07, 6.45) is 0.983. The molecule has 0 bridgehead atoms. The third-order valence-electron chi connectivity index (χ3n) is 2.01. The molecule has 1 N–H and O–H groups in total. The monoisotopic (exact) mass is 211 g/mol. The summed E-state index contributed by atoms with van der Waals surface area (Å²) in [5, 5.41) is 4.30. The van der Waals surface area contributed by atoms with E-state index < -0.39 is 0 Å². The number of hydrogen-bond donors (Lipinski definition) is 1. The lowest BCUT2D eigenvalue weighted by Gasteiger charge is -2.20. The fourth-order valence-corrected chi connectivity index (χ4v) is 1.50. The van der Waals surface area contributed by atoms with Crippen LogP contribution in [0.25, 0.3) is 0 Å². The molecule has 0 fully saturated rings. The van der Waals surface area contributed by atoms with E-state index in [0.29, 0.717) is 0 Å². The predicted octanol–water partition coefficient (Wildman–Crippen LogP) is 3.27. The van der Waals surface area contributed by atoms with Crippen molar-refractivity contribution in [3.63, 3.8) is 0 Å². The zero-order valence-corrected chi connectivity index (χ0v) is 9.86. The van der Waals surface area contributed by atoms with Gasteiger partial charge in [-0.25, -0.2) is 0 Å². The zero-order chi connectivity index (χ0) is 10.6. The molecule has 14 heavy (non-hydrogen) atoms.